The van der Waals surface area contributed by atoms with Gasteiger partial charge in [-0.25, -0.2) is 9.97 Å². The highest BCUT2D eigenvalue weighted by atomic mass is 16.5. The lowest BCUT2D eigenvalue weighted by Crippen LogP contribution is -2.39. The molecule has 0 radical (unpaired) electrons. The Hall–Kier alpha value is -1.73. The highest BCUT2D eigenvalue weighted by Gasteiger charge is 2.32. The van der Waals surface area contributed by atoms with Gasteiger partial charge in [0, 0.05) is 63.6 Å². The van der Waals surface area contributed by atoms with Crippen molar-refractivity contribution in [3.63, 3.8) is 0 Å². The predicted octanol–water partition coefficient (Wildman–Crippen LogP) is 1.05. The van der Waals surface area contributed by atoms with Crippen LogP contribution in [0.2, 0.25) is 0 Å². The van der Waals surface area contributed by atoms with E-state index in [1.165, 1.54) is 0 Å². The molecule has 1 amide bonds. The van der Waals surface area contributed by atoms with Crippen molar-refractivity contribution < 1.29 is 9.53 Å². The smallest absolute Gasteiger partial charge is 0.225 e. The first-order valence-electron chi connectivity index (χ1n) is 9.28. The van der Waals surface area contributed by atoms with Crippen molar-refractivity contribution in [2.75, 3.05) is 44.3 Å². The Morgan fingerprint density at radius 2 is 2.00 bits per heavy atom. The van der Waals surface area contributed by atoms with E-state index in [0.29, 0.717) is 5.92 Å². The molecule has 7 heteroatoms. The molecule has 0 bridgehead atoms. The van der Waals surface area contributed by atoms with Gasteiger partial charge in [-0.05, 0) is 12.3 Å². The summed E-state index contributed by atoms with van der Waals surface area (Å²) in [7, 11) is 0. The zero-order valence-corrected chi connectivity index (χ0v) is 15.3. The van der Waals surface area contributed by atoms with Crippen LogP contribution in [0.15, 0.2) is 12.4 Å². The average Bonchev–Trinajstić information content (AvgIpc) is 2.97. The monoisotopic (exact) mass is 347 g/mol. The summed E-state index contributed by atoms with van der Waals surface area (Å²) < 4.78 is 5.37. The molecule has 0 unspecified atom stereocenters. The minimum Gasteiger partial charge on any atom is -0.378 e. The number of likely N-dealkylation sites (tertiary alicyclic amines) is 1. The molecule has 2 atom stereocenters. The van der Waals surface area contributed by atoms with Crippen LogP contribution in [0.25, 0.3) is 0 Å². The fourth-order valence-corrected chi connectivity index (χ4v) is 3.79. The number of nitrogens with zero attached hydrogens (tertiary/aromatic N) is 4. The van der Waals surface area contributed by atoms with Gasteiger partial charge in [-0.2, -0.15) is 0 Å². The third kappa shape index (κ3) is 4.89. The summed E-state index contributed by atoms with van der Waals surface area (Å²) in [6, 6.07) is 0.256. The van der Waals surface area contributed by atoms with Gasteiger partial charge in [0.1, 0.15) is 0 Å². The predicted molar refractivity (Wildman–Crippen MR) is 96.3 cm³/mol. The van der Waals surface area contributed by atoms with Gasteiger partial charge in [0.2, 0.25) is 11.9 Å². The van der Waals surface area contributed by atoms with E-state index < -0.39 is 0 Å². The van der Waals surface area contributed by atoms with Crippen LogP contribution in [-0.4, -0.2) is 66.2 Å². The lowest BCUT2D eigenvalue weighted by atomic mass is 9.98. The Bertz CT molecular complexity index is 559. The number of morpholine rings is 1. The average molecular weight is 347 g/mol. The van der Waals surface area contributed by atoms with E-state index in [1.54, 1.807) is 6.92 Å². The van der Waals surface area contributed by atoms with Gasteiger partial charge < -0.3 is 15.0 Å². The quantitative estimate of drug-likeness (QED) is 0.829. The zero-order chi connectivity index (χ0) is 17.6. The first-order chi connectivity index (χ1) is 12.2. The SMILES string of the molecule is CCC[C@@H]1CN(Cc2cnc(N3CCOCC3)nc2)C[C@H]1NC(C)=O. The fourth-order valence-electron chi connectivity index (χ4n) is 3.79. The van der Waals surface area contributed by atoms with Crippen molar-refractivity contribution in [3.8, 4) is 0 Å². The molecule has 0 saturated carbocycles. The van der Waals surface area contributed by atoms with Crippen LogP contribution in [0, 0.1) is 5.92 Å². The molecule has 1 N–H and O–H groups in total. The molecule has 0 aliphatic carbocycles. The summed E-state index contributed by atoms with van der Waals surface area (Å²) in [6.45, 7) is 9.73. The third-order valence-electron chi connectivity index (χ3n) is 4.96. The van der Waals surface area contributed by atoms with Gasteiger partial charge in [-0.1, -0.05) is 13.3 Å². The van der Waals surface area contributed by atoms with Crippen molar-refractivity contribution in [2.24, 2.45) is 5.92 Å². The van der Waals surface area contributed by atoms with Crippen LogP contribution >= 0.6 is 0 Å². The van der Waals surface area contributed by atoms with Gasteiger partial charge in [-0.15, -0.1) is 0 Å². The second-order valence-corrected chi connectivity index (χ2v) is 7.04. The van der Waals surface area contributed by atoms with E-state index in [4.69, 9.17) is 4.74 Å². The molecule has 3 rings (SSSR count). The Morgan fingerprint density at radius 3 is 2.64 bits per heavy atom. The number of carbonyl (C=O) groups is 1. The highest BCUT2D eigenvalue weighted by Crippen LogP contribution is 2.23. The van der Waals surface area contributed by atoms with E-state index in [-0.39, 0.29) is 11.9 Å². The molecule has 3 heterocycles. The minimum absolute atomic E-state index is 0.0613. The van der Waals surface area contributed by atoms with Crippen LogP contribution in [0.3, 0.4) is 0 Å². The Labute approximate surface area is 149 Å². The number of carbonyl (C=O) groups excluding carboxylic acids is 1. The summed E-state index contributed by atoms with van der Waals surface area (Å²) in [5, 5.41) is 3.11. The van der Waals surface area contributed by atoms with Gasteiger partial charge in [0.05, 0.1) is 13.2 Å². The number of nitrogens with one attached hydrogen (secondary N) is 1. The lowest BCUT2D eigenvalue weighted by molar-refractivity contribution is -0.119. The maximum Gasteiger partial charge on any atom is 0.225 e. The molecular formula is C18H29N5O2. The Balaban J connectivity index is 1.57. The highest BCUT2D eigenvalue weighted by molar-refractivity contribution is 5.73. The van der Waals surface area contributed by atoms with Gasteiger partial charge in [0.15, 0.2) is 0 Å². The Morgan fingerprint density at radius 1 is 1.28 bits per heavy atom. The molecule has 7 nitrogen and oxygen atoms in total. The number of amides is 1. The molecule has 2 aliphatic heterocycles. The van der Waals surface area contributed by atoms with Gasteiger partial charge in [0.25, 0.3) is 0 Å². The first-order valence-corrected chi connectivity index (χ1v) is 9.28. The zero-order valence-electron chi connectivity index (χ0n) is 15.3. The lowest BCUT2D eigenvalue weighted by Gasteiger charge is -2.26. The topological polar surface area (TPSA) is 70.6 Å². The molecule has 2 saturated heterocycles. The summed E-state index contributed by atoms with van der Waals surface area (Å²) in [5.74, 6) is 1.38. The molecule has 2 fully saturated rings. The number of ether oxygens (including phenoxy) is 1. The summed E-state index contributed by atoms with van der Waals surface area (Å²) >= 11 is 0. The molecule has 2 aliphatic rings. The van der Waals surface area contributed by atoms with Gasteiger partial charge in [-0.3, -0.25) is 9.69 Å². The molecule has 1 aromatic heterocycles. The van der Waals surface area contributed by atoms with Crippen molar-refractivity contribution in [1.29, 1.82) is 0 Å². The van der Waals surface area contributed by atoms with E-state index in [2.05, 4.69) is 32.0 Å². The normalized spacial score (nSPS) is 24.5. The summed E-state index contributed by atoms with van der Waals surface area (Å²) in [6.07, 6.45) is 6.15. The summed E-state index contributed by atoms with van der Waals surface area (Å²) in [5.41, 5.74) is 1.12. The number of hydrogen-bond acceptors (Lipinski definition) is 6. The number of rotatable bonds is 6. The van der Waals surface area contributed by atoms with Crippen molar-refractivity contribution in [3.05, 3.63) is 18.0 Å². The standard InChI is InChI=1S/C18H29N5O2/c1-3-4-16-12-22(13-17(16)21-14(2)24)11-15-9-19-18(20-10-15)23-5-7-25-8-6-23/h9-10,16-17H,3-8,11-13H2,1-2H3,(H,21,24)/t16-,17-/m1/s1. The largest absolute Gasteiger partial charge is 0.378 e. The third-order valence-corrected chi connectivity index (χ3v) is 4.96. The van der Waals surface area contributed by atoms with E-state index in [0.717, 1.165) is 70.3 Å². The second-order valence-electron chi connectivity index (χ2n) is 7.04. The fraction of sp³-hybridized carbons (Fsp3) is 0.722. The number of anilines is 1. The number of hydrogen-bond donors (Lipinski definition) is 1. The van der Waals surface area contributed by atoms with Crippen LogP contribution in [0.1, 0.15) is 32.3 Å². The van der Waals surface area contributed by atoms with Crippen molar-refractivity contribution >= 4 is 11.9 Å². The second kappa shape index (κ2) is 8.58. The van der Waals surface area contributed by atoms with Crippen LogP contribution in [0.4, 0.5) is 5.95 Å². The van der Waals surface area contributed by atoms with Gasteiger partial charge >= 0.3 is 0 Å². The molecule has 0 aromatic carbocycles. The maximum atomic E-state index is 11.4. The van der Waals surface area contributed by atoms with E-state index in [9.17, 15) is 4.79 Å². The van der Waals surface area contributed by atoms with Crippen LogP contribution in [-0.2, 0) is 16.1 Å². The molecule has 138 valence electrons. The van der Waals surface area contributed by atoms with Crippen molar-refractivity contribution in [1.82, 2.24) is 20.2 Å². The van der Waals surface area contributed by atoms with Crippen LogP contribution < -0.4 is 10.2 Å². The van der Waals surface area contributed by atoms with E-state index >= 15 is 0 Å². The molecule has 25 heavy (non-hydrogen) atoms. The van der Waals surface area contributed by atoms with Crippen LogP contribution in [0.5, 0.6) is 0 Å². The first kappa shape index (κ1) is 18.1. The number of aromatic nitrogens is 2. The van der Waals surface area contributed by atoms with E-state index in [1.807, 2.05) is 12.4 Å². The molecule has 1 aromatic rings. The maximum absolute atomic E-state index is 11.4. The Kier molecular flexibility index (Phi) is 6.20. The molecular weight excluding hydrogens is 318 g/mol. The summed E-state index contributed by atoms with van der Waals surface area (Å²) in [4.78, 5) is 25.1. The minimum atomic E-state index is 0.0613. The molecule has 0 spiro atoms. The van der Waals surface area contributed by atoms with Crippen molar-refractivity contribution in [2.45, 2.75) is 39.3 Å².